The summed E-state index contributed by atoms with van der Waals surface area (Å²) in [4.78, 5) is 0. The fraction of sp³-hybridized carbons (Fsp3) is 0.600. The highest BCUT2D eigenvalue weighted by atomic mass is 79.9. The molecule has 3 N–H and O–H groups in total. The van der Waals surface area contributed by atoms with Gasteiger partial charge in [-0.2, -0.15) is 0 Å². The standard InChI is InChI=1S/C15H25BrN2O/c1-15(2,17)8-4-9-18-10-7-12-5-6-14(19-3)13(16)11-12/h5-6,11,18H,4,7-10,17H2,1-3H3. The Hall–Kier alpha value is -0.580. The van der Waals surface area contributed by atoms with E-state index in [0.717, 1.165) is 42.6 Å². The van der Waals surface area contributed by atoms with Crippen LogP contribution in [-0.2, 0) is 6.42 Å². The van der Waals surface area contributed by atoms with Crippen LogP contribution in [0.25, 0.3) is 0 Å². The summed E-state index contributed by atoms with van der Waals surface area (Å²) in [5, 5.41) is 3.45. The van der Waals surface area contributed by atoms with E-state index in [2.05, 4.69) is 47.2 Å². The molecule has 1 rings (SSSR count). The molecule has 3 nitrogen and oxygen atoms in total. The monoisotopic (exact) mass is 328 g/mol. The molecule has 0 bridgehead atoms. The average Bonchev–Trinajstić information content (AvgIpc) is 2.32. The van der Waals surface area contributed by atoms with Crippen LogP contribution in [0.15, 0.2) is 22.7 Å². The zero-order chi connectivity index (χ0) is 14.3. The van der Waals surface area contributed by atoms with E-state index < -0.39 is 0 Å². The minimum atomic E-state index is -0.0530. The maximum Gasteiger partial charge on any atom is 0.133 e. The van der Waals surface area contributed by atoms with E-state index in [9.17, 15) is 0 Å². The van der Waals surface area contributed by atoms with Crippen LogP contribution in [0, 0.1) is 0 Å². The maximum atomic E-state index is 5.94. The van der Waals surface area contributed by atoms with Gasteiger partial charge in [-0.15, -0.1) is 0 Å². The smallest absolute Gasteiger partial charge is 0.133 e. The fourth-order valence-corrected chi connectivity index (χ4v) is 2.48. The Labute approximate surface area is 125 Å². The molecule has 0 saturated carbocycles. The normalized spacial score (nSPS) is 11.6. The van der Waals surface area contributed by atoms with Crippen molar-refractivity contribution in [2.24, 2.45) is 5.73 Å². The Balaban J connectivity index is 2.21. The Morgan fingerprint density at radius 3 is 2.63 bits per heavy atom. The minimum absolute atomic E-state index is 0.0530. The largest absolute Gasteiger partial charge is 0.496 e. The maximum absolute atomic E-state index is 5.94. The highest BCUT2D eigenvalue weighted by molar-refractivity contribution is 9.10. The highest BCUT2D eigenvalue weighted by Gasteiger charge is 2.08. The topological polar surface area (TPSA) is 47.3 Å². The number of methoxy groups -OCH3 is 1. The first kappa shape index (κ1) is 16.5. The third kappa shape index (κ3) is 6.95. The van der Waals surface area contributed by atoms with Gasteiger partial charge in [-0.25, -0.2) is 0 Å². The van der Waals surface area contributed by atoms with Crippen molar-refractivity contribution in [2.45, 2.75) is 38.6 Å². The van der Waals surface area contributed by atoms with Crippen LogP contribution in [0.3, 0.4) is 0 Å². The number of nitrogens with one attached hydrogen (secondary N) is 1. The summed E-state index contributed by atoms with van der Waals surface area (Å²) in [6.07, 6.45) is 3.19. The second-order valence-corrected chi connectivity index (χ2v) is 6.42. The van der Waals surface area contributed by atoms with E-state index in [4.69, 9.17) is 10.5 Å². The molecule has 1 aromatic rings. The number of hydrogen-bond acceptors (Lipinski definition) is 3. The van der Waals surface area contributed by atoms with E-state index in [1.807, 2.05) is 6.07 Å². The van der Waals surface area contributed by atoms with Gasteiger partial charge in [0, 0.05) is 5.54 Å². The van der Waals surface area contributed by atoms with Crippen molar-refractivity contribution in [1.82, 2.24) is 5.32 Å². The molecule has 0 aliphatic rings. The second-order valence-electron chi connectivity index (χ2n) is 5.56. The van der Waals surface area contributed by atoms with Gasteiger partial charge in [0.1, 0.15) is 5.75 Å². The van der Waals surface area contributed by atoms with Crippen LogP contribution >= 0.6 is 15.9 Å². The van der Waals surface area contributed by atoms with Gasteiger partial charge in [-0.1, -0.05) is 6.07 Å². The van der Waals surface area contributed by atoms with Crippen LogP contribution in [0.1, 0.15) is 32.3 Å². The molecule has 0 atom stereocenters. The molecule has 19 heavy (non-hydrogen) atoms. The lowest BCUT2D eigenvalue weighted by Gasteiger charge is -2.18. The molecule has 0 unspecified atom stereocenters. The summed E-state index contributed by atoms with van der Waals surface area (Å²) in [6, 6.07) is 6.22. The molecule has 108 valence electrons. The summed E-state index contributed by atoms with van der Waals surface area (Å²) in [6.45, 7) is 6.16. The molecule has 0 spiro atoms. The predicted octanol–water partition coefficient (Wildman–Crippen LogP) is 3.11. The van der Waals surface area contributed by atoms with Gasteiger partial charge >= 0.3 is 0 Å². The van der Waals surface area contributed by atoms with Crippen LogP contribution in [-0.4, -0.2) is 25.7 Å². The molecule has 0 aromatic heterocycles. The molecule has 0 aliphatic heterocycles. The molecule has 0 radical (unpaired) electrons. The summed E-state index contributed by atoms with van der Waals surface area (Å²) < 4.78 is 6.23. The minimum Gasteiger partial charge on any atom is -0.496 e. The van der Waals surface area contributed by atoms with Gasteiger partial charge in [0.15, 0.2) is 0 Å². The number of benzene rings is 1. The molecule has 0 amide bonds. The summed E-state index contributed by atoms with van der Waals surface area (Å²) in [7, 11) is 1.68. The van der Waals surface area contributed by atoms with E-state index in [-0.39, 0.29) is 5.54 Å². The number of rotatable bonds is 8. The first-order chi connectivity index (χ1) is 8.92. The Morgan fingerprint density at radius 1 is 1.32 bits per heavy atom. The lowest BCUT2D eigenvalue weighted by Crippen LogP contribution is -2.33. The molecule has 0 heterocycles. The van der Waals surface area contributed by atoms with Gasteiger partial charge in [0.2, 0.25) is 0 Å². The predicted molar refractivity (Wildman–Crippen MR) is 84.8 cm³/mol. The Bertz CT molecular complexity index is 388. The average molecular weight is 329 g/mol. The van der Waals surface area contributed by atoms with Crippen LogP contribution in [0.2, 0.25) is 0 Å². The highest BCUT2D eigenvalue weighted by Crippen LogP contribution is 2.25. The van der Waals surface area contributed by atoms with Crippen molar-refractivity contribution in [1.29, 1.82) is 0 Å². The number of ether oxygens (including phenoxy) is 1. The van der Waals surface area contributed by atoms with Gasteiger partial charge in [0.05, 0.1) is 11.6 Å². The Kier molecular flexibility index (Phi) is 6.83. The van der Waals surface area contributed by atoms with Crippen molar-refractivity contribution in [3.8, 4) is 5.75 Å². The quantitative estimate of drug-likeness (QED) is 0.721. The molecule has 1 aromatic carbocycles. The van der Waals surface area contributed by atoms with Crippen LogP contribution < -0.4 is 15.8 Å². The van der Waals surface area contributed by atoms with Crippen molar-refractivity contribution >= 4 is 15.9 Å². The lowest BCUT2D eigenvalue weighted by molar-refractivity contribution is 0.412. The van der Waals surface area contributed by atoms with E-state index >= 15 is 0 Å². The van der Waals surface area contributed by atoms with Gasteiger partial charge in [0.25, 0.3) is 0 Å². The first-order valence-corrected chi connectivity index (χ1v) is 7.54. The SMILES string of the molecule is COc1ccc(CCNCCCC(C)(C)N)cc1Br. The van der Waals surface area contributed by atoms with Crippen molar-refractivity contribution in [3.63, 3.8) is 0 Å². The number of nitrogens with two attached hydrogens (primary N) is 1. The molecule has 0 saturated heterocycles. The summed E-state index contributed by atoms with van der Waals surface area (Å²) >= 11 is 3.50. The van der Waals surface area contributed by atoms with Crippen molar-refractivity contribution in [2.75, 3.05) is 20.2 Å². The Morgan fingerprint density at radius 2 is 2.05 bits per heavy atom. The second kappa shape index (κ2) is 7.88. The van der Waals surface area contributed by atoms with E-state index in [1.54, 1.807) is 7.11 Å². The number of halogens is 1. The van der Waals surface area contributed by atoms with E-state index in [0.29, 0.717) is 0 Å². The van der Waals surface area contributed by atoms with Crippen molar-refractivity contribution in [3.05, 3.63) is 28.2 Å². The zero-order valence-corrected chi connectivity index (χ0v) is 13.7. The third-order valence-electron chi connectivity index (χ3n) is 2.98. The molecule has 4 heteroatoms. The summed E-state index contributed by atoms with van der Waals surface area (Å²) in [5.41, 5.74) is 7.19. The number of hydrogen-bond donors (Lipinski definition) is 2. The van der Waals surface area contributed by atoms with E-state index in [1.165, 1.54) is 5.56 Å². The van der Waals surface area contributed by atoms with Gasteiger partial charge < -0.3 is 15.8 Å². The van der Waals surface area contributed by atoms with Crippen molar-refractivity contribution < 1.29 is 4.74 Å². The zero-order valence-electron chi connectivity index (χ0n) is 12.1. The third-order valence-corrected chi connectivity index (χ3v) is 3.60. The van der Waals surface area contributed by atoms with Gasteiger partial charge in [-0.05, 0) is 79.8 Å². The lowest BCUT2D eigenvalue weighted by atomic mass is 10.0. The van der Waals surface area contributed by atoms with Crippen LogP contribution in [0.4, 0.5) is 0 Å². The fourth-order valence-electron chi connectivity index (χ4n) is 1.89. The molecular formula is C15H25BrN2O. The first-order valence-electron chi connectivity index (χ1n) is 6.74. The molecule has 0 aliphatic carbocycles. The summed E-state index contributed by atoms with van der Waals surface area (Å²) in [5.74, 6) is 0.877. The molecular weight excluding hydrogens is 304 g/mol. The van der Waals surface area contributed by atoms with Gasteiger partial charge in [-0.3, -0.25) is 0 Å². The van der Waals surface area contributed by atoms with Crippen LogP contribution in [0.5, 0.6) is 5.75 Å². The molecule has 0 fully saturated rings.